The average Bonchev–Trinajstić information content (AvgIpc) is 2.31. The summed E-state index contributed by atoms with van der Waals surface area (Å²) in [6, 6.07) is 3.67. The zero-order valence-electron chi connectivity index (χ0n) is 8.38. The lowest BCUT2D eigenvalue weighted by Crippen LogP contribution is -2.07. The van der Waals surface area contributed by atoms with E-state index in [9.17, 15) is 0 Å². The number of nitrogens with zero attached hydrogens (tertiary/aromatic N) is 4. The van der Waals surface area contributed by atoms with Gasteiger partial charge >= 0.3 is 0 Å². The second-order valence-electron chi connectivity index (χ2n) is 3.00. The molecule has 0 aliphatic heterocycles. The Kier molecular flexibility index (Phi) is 2.94. The summed E-state index contributed by atoms with van der Waals surface area (Å²) in [7, 11) is 1.88. The van der Waals surface area contributed by atoms with Crippen molar-refractivity contribution >= 4 is 0 Å². The molecule has 0 saturated heterocycles. The van der Waals surface area contributed by atoms with E-state index in [1.807, 2.05) is 13.1 Å². The maximum Gasteiger partial charge on any atom is 0.178 e. The van der Waals surface area contributed by atoms with Crippen molar-refractivity contribution in [1.29, 1.82) is 0 Å². The Morgan fingerprint density at radius 2 is 2.13 bits per heavy atom. The van der Waals surface area contributed by atoms with Crippen molar-refractivity contribution in [3.05, 3.63) is 36.5 Å². The molecule has 0 bridgehead atoms. The lowest BCUT2D eigenvalue weighted by Gasteiger charge is -2.01. The Morgan fingerprint density at radius 1 is 1.20 bits per heavy atom. The van der Waals surface area contributed by atoms with Crippen LogP contribution in [0.25, 0.3) is 11.5 Å². The maximum atomic E-state index is 4.37. The smallest absolute Gasteiger partial charge is 0.178 e. The molecule has 76 valence electrons. The van der Waals surface area contributed by atoms with Crippen LogP contribution in [-0.2, 0) is 6.54 Å². The molecular weight excluding hydrogens is 190 g/mol. The normalized spacial score (nSPS) is 10.2. The van der Waals surface area contributed by atoms with Gasteiger partial charge in [-0.2, -0.15) is 0 Å². The molecule has 0 radical (unpaired) electrons. The lowest BCUT2D eigenvalue weighted by molar-refractivity contribution is 0.787. The minimum atomic E-state index is 0.630. The first-order chi connectivity index (χ1) is 7.40. The molecule has 0 fully saturated rings. The van der Waals surface area contributed by atoms with E-state index in [0.717, 1.165) is 17.9 Å². The number of rotatable bonds is 3. The van der Waals surface area contributed by atoms with Gasteiger partial charge in [0.25, 0.3) is 0 Å². The van der Waals surface area contributed by atoms with Crippen molar-refractivity contribution in [1.82, 2.24) is 25.3 Å². The number of aromatic nitrogens is 4. The topological polar surface area (TPSA) is 63.6 Å². The molecule has 5 nitrogen and oxygen atoms in total. The first-order valence-corrected chi connectivity index (χ1v) is 4.63. The first kappa shape index (κ1) is 9.67. The second-order valence-corrected chi connectivity index (χ2v) is 3.00. The summed E-state index contributed by atoms with van der Waals surface area (Å²) >= 11 is 0. The van der Waals surface area contributed by atoms with Crippen LogP contribution in [0.15, 0.2) is 30.9 Å². The molecule has 0 aromatic carbocycles. The predicted molar refractivity (Wildman–Crippen MR) is 55.8 cm³/mol. The number of hydrogen-bond acceptors (Lipinski definition) is 5. The highest BCUT2D eigenvalue weighted by Crippen LogP contribution is 2.09. The Morgan fingerprint density at radius 3 is 2.87 bits per heavy atom. The van der Waals surface area contributed by atoms with Gasteiger partial charge in [0, 0.05) is 18.9 Å². The highest BCUT2D eigenvalue weighted by Gasteiger charge is 2.02. The second kappa shape index (κ2) is 4.56. The average molecular weight is 201 g/mol. The minimum absolute atomic E-state index is 0.630. The van der Waals surface area contributed by atoms with Crippen molar-refractivity contribution in [2.24, 2.45) is 0 Å². The molecule has 2 aromatic heterocycles. The molecule has 0 amide bonds. The van der Waals surface area contributed by atoms with E-state index in [1.165, 1.54) is 6.33 Å². The summed E-state index contributed by atoms with van der Waals surface area (Å²) in [6.45, 7) is 0.723. The van der Waals surface area contributed by atoms with Gasteiger partial charge in [0.2, 0.25) is 0 Å². The van der Waals surface area contributed by atoms with Crippen LogP contribution in [0.2, 0.25) is 0 Å². The Balaban J connectivity index is 2.33. The fraction of sp³-hybridized carbons (Fsp3) is 0.200. The van der Waals surface area contributed by atoms with E-state index in [4.69, 9.17) is 0 Å². The van der Waals surface area contributed by atoms with E-state index >= 15 is 0 Å². The van der Waals surface area contributed by atoms with Gasteiger partial charge < -0.3 is 5.32 Å². The predicted octanol–water partition coefficient (Wildman–Crippen LogP) is 0.653. The summed E-state index contributed by atoms with van der Waals surface area (Å²) < 4.78 is 0. The van der Waals surface area contributed by atoms with E-state index in [0.29, 0.717) is 5.82 Å². The van der Waals surface area contributed by atoms with Crippen molar-refractivity contribution in [3.8, 4) is 11.5 Å². The molecule has 1 N–H and O–H groups in total. The van der Waals surface area contributed by atoms with Crippen LogP contribution in [0.5, 0.6) is 0 Å². The highest BCUT2D eigenvalue weighted by atomic mass is 14.9. The van der Waals surface area contributed by atoms with Crippen LogP contribution < -0.4 is 5.32 Å². The van der Waals surface area contributed by atoms with Crippen LogP contribution in [0.3, 0.4) is 0 Å². The Bertz CT molecular complexity index is 429. The molecule has 15 heavy (non-hydrogen) atoms. The highest BCUT2D eigenvalue weighted by molar-refractivity contribution is 5.47. The monoisotopic (exact) mass is 201 g/mol. The molecule has 0 atom stereocenters. The van der Waals surface area contributed by atoms with Crippen LogP contribution in [-0.4, -0.2) is 27.0 Å². The van der Waals surface area contributed by atoms with Gasteiger partial charge in [-0.05, 0) is 19.2 Å². The third kappa shape index (κ3) is 2.32. The molecule has 5 heteroatoms. The first-order valence-electron chi connectivity index (χ1n) is 4.63. The molecule has 2 aromatic rings. The van der Waals surface area contributed by atoms with Crippen LogP contribution in [0, 0.1) is 0 Å². The Labute approximate surface area is 87.6 Å². The van der Waals surface area contributed by atoms with Gasteiger partial charge in [-0.3, -0.25) is 0 Å². The summed E-state index contributed by atoms with van der Waals surface area (Å²) in [5.41, 5.74) is 1.68. The van der Waals surface area contributed by atoms with Gasteiger partial charge in [0.05, 0.1) is 5.69 Å². The SMILES string of the molecule is CNCc1ccnc(-c2ccncn2)n1. The van der Waals surface area contributed by atoms with Crippen LogP contribution in [0.1, 0.15) is 5.69 Å². The van der Waals surface area contributed by atoms with Gasteiger partial charge in [-0.15, -0.1) is 0 Å². The van der Waals surface area contributed by atoms with Gasteiger partial charge in [-0.25, -0.2) is 19.9 Å². The molecule has 0 spiro atoms. The van der Waals surface area contributed by atoms with E-state index in [1.54, 1.807) is 18.5 Å². The van der Waals surface area contributed by atoms with Crippen LogP contribution in [0.4, 0.5) is 0 Å². The molecule has 2 rings (SSSR count). The zero-order chi connectivity index (χ0) is 10.5. The van der Waals surface area contributed by atoms with Gasteiger partial charge in [-0.1, -0.05) is 0 Å². The van der Waals surface area contributed by atoms with E-state index in [-0.39, 0.29) is 0 Å². The quantitative estimate of drug-likeness (QED) is 0.790. The lowest BCUT2D eigenvalue weighted by atomic mass is 10.3. The van der Waals surface area contributed by atoms with Crippen molar-refractivity contribution < 1.29 is 0 Å². The molecule has 0 saturated carbocycles. The maximum absolute atomic E-state index is 4.37. The summed E-state index contributed by atoms with van der Waals surface area (Å²) in [5.74, 6) is 0.630. The van der Waals surface area contributed by atoms with E-state index < -0.39 is 0 Å². The van der Waals surface area contributed by atoms with Gasteiger partial charge in [0.15, 0.2) is 5.82 Å². The number of nitrogens with one attached hydrogen (secondary N) is 1. The fourth-order valence-electron chi connectivity index (χ4n) is 1.22. The summed E-state index contributed by atoms with van der Waals surface area (Å²) in [4.78, 5) is 16.5. The molecular formula is C10H11N5. The van der Waals surface area contributed by atoms with Crippen molar-refractivity contribution in [2.75, 3.05) is 7.05 Å². The van der Waals surface area contributed by atoms with Crippen LogP contribution >= 0.6 is 0 Å². The molecule has 0 aliphatic rings. The van der Waals surface area contributed by atoms with Crippen molar-refractivity contribution in [2.45, 2.75) is 6.54 Å². The third-order valence-corrected chi connectivity index (χ3v) is 1.88. The fourth-order valence-corrected chi connectivity index (χ4v) is 1.22. The molecule has 0 aliphatic carbocycles. The molecule has 0 unspecified atom stereocenters. The van der Waals surface area contributed by atoms with Crippen molar-refractivity contribution in [3.63, 3.8) is 0 Å². The Hall–Kier alpha value is -1.88. The zero-order valence-corrected chi connectivity index (χ0v) is 8.38. The summed E-state index contributed by atoms with van der Waals surface area (Å²) in [6.07, 6.45) is 4.90. The minimum Gasteiger partial charge on any atom is -0.314 e. The molecule has 2 heterocycles. The third-order valence-electron chi connectivity index (χ3n) is 1.88. The standard InChI is InChI=1S/C10H11N5/c1-11-6-8-2-5-13-10(15-8)9-3-4-12-7-14-9/h2-5,7,11H,6H2,1H3. The number of hydrogen-bond donors (Lipinski definition) is 1. The van der Waals surface area contributed by atoms with Gasteiger partial charge in [0.1, 0.15) is 12.0 Å². The van der Waals surface area contributed by atoms with E-state index in [2.05, 4.69) is 25.3 Å². The summed E-state index contributed by atoms with van der Waals surface area (Å²) in [5, 5.41) is 3.04. The largest absolute Gasteiger partial charge is 0.314 e.